The largest absolute Gasteiger partial charge is 0.368 e. The number of hydrogen-bond donors (Lipinski definition) is 1. The van der Waals surface area contributed by atoms with Crippen LogP contribution >= 0.6 is 39.1 Å². The van der Waals surface area contributed by atoms with Gasteiger partial charge in [-0.1, -0.05) is 32.4 Å². The smallest absolute Gasteiger partial charge is 0.140 e. The van der Waals surface area contributed by atoms with E-state index < -0.39 is 0 Å². The lowest BCUT2D eigenvalue weighted by molar-refractivity contribution is 0.373. The van der Waals surface area contributed by atoms with Crippen molar-refractivity contribution in [2.24, 2.45) is 5.41 Å². The third kappa shape index (κ3) is 5.94. The van der Waals surface area contributed by atoms with Gasteiger partial charge in [-0.25, -0.2) is 4.98 Å². The van der Waals surface area contributed by atoms with Crippen LogP contribution in [0.2, 0.25) is 5.02 Å². The Hall–Kier alpha value is 0.01000. The summed E-state index contributed by atoms with van der Waals surface area (Å²) in [5.41, 5.74) is 0.235. The number of hydrogen-bond acceptors (Lipinski definition) is 2. The molecule has 0 aliphatic heterocycles. The van der Waals surface area contributed by atoms with Crippen molar-refractivity contribution in [3.63, 3.8) is 0 Å². The summed E-state index contributed by atoms with van der Waals surface area (Å²) in [6.07, 6.45) is 2.56. The maximum atomic E-state index is 6.27. The second kappa shape index (κ2) is 6.26. The molecule has 0 aliphatic rings. The molecule has 0 saturated carbocycles. The molecule has 1 heterocycles. The van der Waals surface area contributed by atoms with Crippen molar-refractivity contribution in [2.45, 2.75) is 32.6 Å². The van der Waals surface area contributed by atoms with Crippen LogP contribution in [0.5, 0.6) is 0 Å². The fourth-order valence-electron chi connectivity index (χ4n) is 1.49. The zero-order chi connectivity index (χ0) is 13.1. The first-order valence-electron chi connectivity index (χ1n) is 5.47. The zero-order valence-corrected chi connectivity index (χ0v) is 13.3. The van der Waals surface area contributed by atoms with Gasteiger partial charge in [-0.15, -0.1) is 11.6 Å². The predicted octanol–water partition coefficient (Wildman–Crippen LogP) is 4.95. The van der Waals surface area contributed by atoms with Crippen LogP contribution in [0, 0.1) is 5.41 Å². The molecule has 17 heavy (non-hydrogen) atoms. The Bertz CT molecular complexity index is 377. The van der Waals surface area contributed by atoms with Gasteiger partial charge in [0.1, 0.15) is 5.82 Å². The Kier molecular flexibility index (Phi) is 5.55. The van der Waals surface area contributed by atoms with E-state index in [2.05, 4.69) is 47.0 Å². The molecule has 1 unspecified atom stereocenters. The van der Waals surface area contributed by atoms with Crippen molar-refractivity contribution in [1.29, 1.82) is 0 Å². The van der Waals surface area contributed by atoms with E-state index in [4.69, 9.17) is 23.2 Å². The van der Waals surface area contributed by atoms with E-state index in [9.17, 15) is 0 Å². The highest BCUT2D eigenvalue weighted by atomic mass is 79.9. The number of halogens is 3. The number of aromatic nitrogens is 1. The maximum Gasteiger partial charge on any atom is 0.140 e. The number of nitrogens with zero attached hydrogens (tertiary/aromatic N) is 1. The first-order chi connectivity index (χ1) is 7.78. The molecule has 0 spiro atoms. The Morgan fingerprint density at radius 2 is 2.12 bits per heavy atom. The van der Waals surface area contributed by atoms with Gasteiger partial charge < -0.3 is 5.32 Å². The molecule has 1 rings (SSSR count). The highest BCUT2D eigenvalue weighted by Crippen LogP contribution is 2.26. The van der Waals surface area contributed by atoms with E-state index in [0.717, 1.165) is 16.7 Å². The average Bonchev–Trinajstić information content (AvgIpc) is 2.13. The van der Waals surface area contributed by atoms with Crippen molar-refractivity contribution in [1.82, 2.24) is 4.98 Å². The SMILES string of the molecule is CC(C)(C)CC(Cl)CNc1ncc(Cl)cc1Br. The summed E-state index contributed by atoms with van der Waals surface area (Å²) in [6.45, 7) is 7.22. The minimum absolute atomic E-state index is 0.0828. The van der Waals surface area contributed by atoms with Crippen molar-refractivity contribution in [2.75, 3.05) is 11.9 Å². The fourth-order valence-corrected chi connectivity index (χ4v) is 2.81. The summed E-state index contributed by atoms with van der Waals surface area (Å²) in [6, 6.07) is 1.81. The van der Waals surface area contributed by atoms with Crippen LogP contribution in [-0.4, -0.2) is 16.9 Å². The predicted molar refractivity (Wildman–Crippen MR) is 79.1 cm³/mol. The molecule has 0 saturated heterocycles. The molecule has 1 aromatic rings. The molecule has 0 bridgehead atoms. The standard InChI is InChI=1S/C12H17BrCl2N2/c1-12(2,3)5-9(15)7-17-11-10(13)4-8(14)6-16-11/h4,6,9H,5,7H2,1-3H3,(H,16,17). The van der Waals surface area contributed by atoms with Crippen LogP contribution in [-0.2, 0) is 0 Å². The van der Waals surface area contributed by atoms with Gasteiger partial charge >= 0.3 is 0 Å². The number of pyridine rings is 1. The molecule has 1 N–H and O–H groups in total. The molecule has 96 valence electrons. The van der Waals surface area contributed by atoms with Gasteiger partial charge in [-0.2, -0.15) is 0 Å². The van der Waals surface area contributed by atoms with Gasteiger partial charge in [0.05, 0.1) is 14.9 Å². The number of nitrogens with one attached hydrogen (secondary N) is 1. The molecule has 2 nitrogen and oxygen atoms in total. The Balaban J connectivity index is 2.50. The normalized spacial score (nSPS) is 13.5. The summed E-state index contributed by atoms with van der Waals surface area (Å²) in [5, 5.41) is 3.91. The van der Waals surface area contributed by atoms with Crippen LogP contribution < -0.4 is 5.32 Å². The summed E-state index contributed by atoms with van der Waals surface area (Å²) < 4.78 is 0.852. The molecule has 0 aliphatic carbocycles. The van der Waals surface area contributed by atoms with Crippen LogP contribution in [0.15, 0.2) is 16.7 Å². The van der Waals surface area contributed by atoms with E-state index in [1.807, 2.05) is 6.07 Å². The second-order valence-corrected chi connectivity index (χ2v) is 7.13. The van der Waals surface area contributed by atoms with Crippen molar-refractivity contribution < 1.29 is 0 Å². The molecule has 0 amide bonds. The monoisotopic (exact) mass is 338 g/mol. The van der Waals surface area contributed by atoms with E-state index in [-0.39, 0.29) is 10.8 Å². The Morgan fingerprint density at radius 1 is 1.47 bits per heavy atom. The summed E-state index contributed by atoms with van der Waals surface area (Å²) >= 11 is 15.5. The lowest BCUT2D eigenvalue weighted by Crippen LogP contribution is -2.21. The minimum Gasteiger partial charge on any atom is -0.368 e. The highest BCUT2D eigenvalue weighted by molar-refractivity contribution is 9.10. The van der Waals surface area contributed by atoms with Crippen LogP contribution in [0.25, 0.3) is 0 Å². The topological polar surface area (TPSA) is 24.9 Å². The number of alkyl halides is 1. The van der Waals surface area contributed by atoms with Crippen molar-refractivity contribution in [3.05, 3.63) is 21.8 Å². The third-order valence-electron chi connectivity index (χ3n) is 2.13. The summed E-state index contributed by atoms with van der Waals surface area (Å²) in [5.74, 6) is 0.772. The van der Waals surface area contributed by atoms with Gasteiger partial charge in [-0.05, 0) is 33.8 Å². The lowest BCUT2D eigenvalue weighted by Gasteiger charge is -2.22. The van der Waals surface area contributed by atoms with E-state index >= 15 is 0 Å². The quantitative estimate of drug-likeness (QED) is 0.785. The fraction of sp³-hybridized carbons (Fsp3) is 0.583. The molecule has 0 aromatic carbocycles. The third-order valence-corrected chi connectivity index (χ3v) is 3.25. The average molecular weight is 340 g/mol. The maximum absolute atomic E-state index is 6.27. The van der Waals surface area contributed by atoms with Gasteiger partial charge in [0.2, 0.25) is 0 Å². The summed E-state index contributed by atoms with van der Waals surface area (Å²) in [4.78, 5) is 4.20. The number of rotatable bonds is 4. The van der Waals surface area contributed by atoms with Crippen LogP contribution in [0.3, 0.4) is 0 Å². The highest BCUT2D eigenvalue weighted by Gasteiger charge is 2.17. The molecular weight excluding hydrogens is 323 g/mol. The summed E-state index contributed by atoms with van der Waals surface area (Å²) in [7, 11) is 0. The molecule has 0 fully saturated rings. The molecule has 1 aromatic heterocycles. The van der Waals surface area contributed by atoms with Gasteiger partial charge in [0, 0.05) is 12.7 Å². The van der Waals surface area contributed by atoms with Gasteiger partial charge in [0.25, 0.3) is 0 Å². The van der Waals surface area contributed by atoms with E-state index in [0.29, 0.717) is 11.6 Å². The van der Waals surface area contributed by atoms with Crippen LogP contribution in [0.4, 0.5) is 5.82 Å². The lowest BCUT2D eigenvalue weighted by atomic mass is 9.90. The molecule has 5 heteroatoms. The second-order valence-electron chi connectivity index (χ2n) is 5.23. The Labute approximate surface area is 121 Å². The first-order valence-corrected chi connectivity index (χ1v) is 7.08. The van der Waals surface area contributed by atoms with E-state index in [1.165, 1.54) is 0 Å². The first kappa shape index (κ1) is 15.1. The van der Waals surface area contributed by atoms with Gasteiger partial charge in [0.15, 0.2) is 0 Å². The molecular formula is C12H17BrCl2N2. The molecule has 1 atom stereocenters. The Morgan fingerprint density at radius 3 is 2.65 bits per heavy atom. The van der Waals surface area contributed by atoms with E-state index in [1.54, 1.807) is 6.20 Å². The minimum atomic E-state index is 0.0828. The van der Waals surface area contributed by atoms with Crippen LogP contribution in [0.1, 0.15) is 27.2 Å². The molecule has 0 radical (unpaired) electrons. The number of anilines is 1. The van der Waals surface area contributed by atoms with Crippen molar-refractivity contribution in [3.8, 4) is 0 Å². The van der Waals surface area contributed by atoms with Crippen molar-refractivity contribution >= 4 is 44.9 Å². The zero-order valence-electron chi connectivity index (χ0n) is 10.2. The van der Waals surface area contributed by atoms with Gasteiger partial charge in [-0.3, -0.25) is 0 Å².